The number of hydrogen-bond acceptors (Lipinski definition) is 2. The maximum absolute atomic E-state index is 13.2. The van der Waals surface area contributed by atoms with Gasteiger partial charge in [-0.25, -0.2) is 0 Å². The largest absolute Gasteiger partial charge is 0.350 e. The summed E-state index contributed by atoms with van der Waals surface area (Å²) in [5, 5.41) is 4.68. The summed E-state index contributed by atoms with van der Waals surface area (Å²) in [6.45, 7) is 2.28. The van der Waals surface area contributed by atoms with Crippen molar-refractivity contribution in [3.05, 3.63) is 105 Å². The number of benzene rings is 3. The van der Waals surface area contributed by atoms with Gasteiger partial charge in [0.25, 0.3) is 0 Å². The van der Waals surface area contributed by atoms with E-state index in [1.807, 2.05) is 42.5 Å². The Balaban J connectivity index is 1.75. The summed E-state index contributed by atoms with van der Waals surface area (Å²) in [5.41, 5.74) is 2.51. The van der Waals surface area contributed by atoms with E-state index in [9.17, 15) is 9.59 Å². The van der Waals surface area contributed by atoms with Gasteiger partial charge < -0.3 is 10.2 Å². The molecule has 1 atom stereocenters. The molecule has 0 saturated heterocycles. The Hall–Kier alpha value is -2.53. The van der Waals surface area contributed by atoms with E-state index >= 15 is 0 Å². The van der Waals surface area contributed by atoms with Gasteiger partial charge in [-0.2, -0.15) is 0 Å². The minimum absolute atomic E-state index is 0.160. The molecule has 7 heteroatoms. The van der Waals surface area contributed by atoms with Crippen LogP contribution in [-0.4, -0.2) is 22.8 Å². The number of amides is 2. The highest BCUT2D eigenvalue weighted by molar-refractivity contribution is 6.31. The van der Waals surface area contributed by atoms with E-state index in [1.54, 1.807) is 42.2 Å². The van der Waals surface area contributed by atoms with Crippen LogP contribution in [0, 0.1) is 0 Å². The van der Waals surface area contributed by atoms with Crippen molar-refractivity contribution in [3.8, 4) is 0 Å². The van der Waals surface area contributed by atoms with Crippen LogP contribution in [0.4, 0.5) is 0 Å². The normalized spacial score (nSPS) is 11.6. The second-order valence-electron chi connectivity index (χ2n) is 7.44. The van der Waals surface area contributed by atoms with Crippen LogP contribution in [0.1, 0.15) is 23.6 Å². The summed E-state index contributed by atoms with van der Waals surface area (Å²) in [7, 11) is 0. The van der Waals surface area contributed by atoms with Gasteiger partial charge in [0.15, 0.2) is 0 Å². The zero-order valence-electron chi connectivity index (χ0n) is 17.5. The van der Waals surface area contributed by atoms with Crippen molar-refractivity contribution >= 4 is 46.6 Å². The molecule has 3 aromatic carbocycles. The topological polar surface area (TPSA) is 49.4 Å². The van der Waals surface area contributed by atoms with E-state index in [1.165, 1.54) is 0 Å². The fraction of sp³-hybridized carbons (Fsp3) is 0.200. The lowest BCUT2D eigenvalue weighted by Gasteiger charge is -2.29. The van der Waals surface area contributed by atoms with Crippen LogP contribution in [-0.2, 0) is 29.1 Å². The van der Waals surface area contributed by atoms with Crippen molar-refractivity contribution in [2.75, 3.05) is 0 Å². The third-order valence-electron chi connectivity index (χ3n) is 5.11. The molecule has 32 heavy (non-hydrogen) atoms. The molecular formula is C25H23Cl3N2O2. The molecule has 0 unspecified atom stereocenters. The quantitative estimate of drug-likeness (QED) is 0.427. The SMILES string of the molecule is C[C@@H](C(=O)NCc1ccccc1Cl)N(Cc1ccc(Cl)cc1)C(=O)Cc1ccc(Cl)cc1. The van der Waals surface area contributed by atoms with Crippen LogP contribution in [0.3, 0.4) is 0 Å². The van der Waals surface area contributed by atoms with Crippen LogP contribution < -0.4 is 5.32 Å². The summed E-state index contributed by atoms with van der Waals surface area (Å²) < 4.78 is 0. The number of carbonyl (C=O) groups is 2. The van der Waals surface area contributed by atoms with Crippen LogP contribution in [0.15, 0.2) is 72.8 Å². The standard InChI is InChI=1S/C25H23Cl3N2O2/c1-17(25(32)29-15-20-4-2-3-5-23(20)28)30(16-19-8-12-22(27)13-9-19)24(31)14-18-6-10-21(26)11-7-18/h2-13,17H,14-16H2,1H3,(H,29,32)/t17-/m0/s1. The fourth-order valence-corrected chi connectivity index (χ4v) is 3.67. The molecule has 0 aliphatic heterocycles. The minimum Gasteiger partial charge on any atom is -0.350 e. The van der Waals surface area contributed by atoms with Gasteiger partial charge in [-0.05, 0) is 53.9 Å². The summed E-state index contributed by atoms with van der Waals surface area (Å²) in [4.78, 5) is 27.7. The van der Waals surface area contributed by atoms with Gasteiger partial charge in [-0.1, -0.05) is 77.3 Å². The number of halogens is 3. The van der Waals surface area contributed by atoms with E-state index in [0.29, 0.717) is 15.1 Å². The highest BCUT2D eigenvalue weighted by Gasteiger charge is 2.26. The van der Waals surface area contributed by atoms with E-state index in [0.717, 1.165) is 16.7 Å². The molecule has 1 N–H and O–H groups in total. The molecule has 0 heterocycles. The summed E-state index contributed by atoms with van der Waals surface area (Å²) in [5.74, 6) is -0.425. The van der Waals surface area contributed by atoms with Crippen molar-refractivity contribution in [1.82, 2.24) is 10.2 Å². The third kappa shape index (κ3) is 6.73. The fourth-order valence-electron chi connectivity index (χ4n) is 3.22. The lowest BCUT2D eigenvalue weighted by molar-refractivity contribution is -0.140. The van der Waals surface area contributed by atoms with Gasteiger partial charge in [-0.15, -0.1) is 0 Å². The van der Waals surface area contributed by atoms with Crippen LogP contribution in [0.25, 0.3) is 0 Å². The lowest BCUT2D eigenvalue weighted by atomic mass is 10.1. The van der Waals surface area contributed by atoms with Crippen LogP contribution in [0.2, 0.25) is 15.1 Å². The molecule has 0 aliphatic rings. The molecule has 2 amide bonds. The van der Waals surface area contributed by atoms with Gasteiger partial charge in [0.05, 0.1) is 6.42 Å². The Kier molecular flexibility index (Phi) is 8.57. The smallest absolute Gasteiger partial charge is 0.242 e. The second kappa shape index (κ2) is 11.4. The number of rotatable bonds is 8. The number of nitrogens with zero attached hydrogens (tertiary/aromatic N) is 1. The Morgan fingerprint density at radius 3 is 2.00 bits per heavy atom. The van der Waals surface area contributed by atoms with E-state index in [2.05, 4.69) is 5.32 Å². The molecular weight excluding hydrogens is 467 g/mol. The minimum atomic E-state index is -0.687. The third-order valence-corrected chi connectivity index (χ3v) is 5.99. The number of nitrogens with one attached hydrogen (secondary N) is 1. The first-order chi connectivity index (χ1) is 15.3. The van der Waals surface area contributed by atoms with Gasteiger partial charge >= 0.3 is 0 Å². The first kappa shape index (κ1) is 24.1. The molecule has 0 fully saturated rings. The molecule has 0 spiro atoms. The molecule has 0 aromatic heterocycles. The molecule has 3 aromatic rings. The lowest BCUT2D eigenvalue weighted by Crippen LogP contribution is -2.48. The van der Waals surface area contributed by atoms with Gasteiger partial charge in [0, 0.05) is 28.2 Å². The Labute approximate surface area is 203 Å². The molecule has 4 nitrogen and oxygen atoms in total. The average Bonchev–Trinajstić information content (AvgIpc) is 2.79. The highest BCUT2D eigenvalue weighted by Crippen LogP contribution is 2.17. The monoisotopic (exact) mass is 488 g/mol. The van der Waals surface area contributed by atoms with Crippen LogP contribution >= 0.6 is 34.8 Å². The van der Waals surface area contributed by atoms with Crippen molar-refractivity contribution < 1.29 is 9.59 Å². The van der Waals surface area contributed by atoms with Gasteiger partial charge in [0.1, 0.15) is 6.04 Å². The molecule has 166 valence electrons. The Morgan fingerprint density at radius 1 is 0.844 bits per heavy atom. The van der Waals surface area contributed by atoms with E-state index < -0.39 is 6.04 Å². The maximum atomic E-state index is 13.2. The first-order valence-corrected chi connectivity index (χ1v) is 11.3. The summed E-state index contributed by atoms with van der Waals surface area (Å²) >= 11 is 18.1. The number of hydrogen-bond donors (Lipinski definition) is 1. The molecule has 0 radical (unpaired) electrons. The van der Waals surface area contributed by atoms with Crippen molar-refractivity contribution in [2.24, 2.45) is 0 Å². The zero-order chi connectivity index (χ0) is 23.1. The van der Waals surface area contributed by atoms with Crippen molar-refractivity contribution in [1.29, 1.82) is 0 Å². The average molecular weight is 490 g/mol. The molecule has 3 rings (SSSR count). The van der Waals surface area contributed by atoms with E-state index in [-0.39, 0.29) is 31.3 Å². The molecule has 0 aliphatic carbocycles. The predicted molar refractivity (Wildman–Crippen MR) is 130 cm³/mol. The molecule has 0 bridgehead atoms. The van der Waals surface area contributed by atoms with Crippen LogP contribution in [0.5, 0.6) is 0 Å². The molecule has 0 saturated carbocycles. The van der Waals surface area contributed by atoms with Crippen molar-refractivity contribution in [3.63, 3.8) is 0 Å². The highest BCUT2D eigenvalue weighted by atomic mass is 35.5. The second-order valence-corrected chi connectivity index (χ2v) is 8.72. The maximum Gasteiger partial charge on any atom is 0.242 e. The van der Waals surface area contributed by atoms with Gasteiger partial charge in [0.2, 0.25) is 11.8 Å². The summed E-state index contributed by atoms with van der Waals surface area (Å²) in [6.07, 6.45) is 0.160. The van der Waals surface area contributed by atoms with Crippen molar-refractivity contribution in [2.45, 2.75) is 32.5 Å². The zero-order valence-corrected chi connectivity index (χ0v) is 19.8. The predicted octanol–water partition coefficient (Wildman–Crippen LogP) is 5.92. The summed E-state index contributed by atoms with van der Waals surface area (Å²) in [6, 6.07) is 21.0. The van der Waals surface area contributed by atoms with E-state index in [4.69, 9.17) is 34.8 Å². The Morgan fingerprint density at radius 2 is 1.41 bits per heavy atom. The number of carbonyl (C=O) groups excluding carboxylic acids is 2. The van der Waals surface area contributed by atoms with Gasteiger partial charge in [-0.3, -0.25) is 9.59 Å². The first-order valence-electron chi connectivity index (χ1n) is 10.1. The Bertz CT molecular complexity index is 1070.